The van der Waals surface area contributed by atoms with Gasteiger partial charge in [-0.25, -0.2) is 4.39 Å². The third-order valence-electron chi connectivity index (χ3n) is 2.46. The second-order valence-corrected chi connectivity index (χ2v) is 3.76. The van der Waals surface area contributed by atoms with E-state index in [1.807, 2.05) is 0 Å². The Morgan fingerprint density at radius 2 is 2.24 bits per heavy atom. The average Bonchev–Trinajstić information content (AvgIpc) is 2.73. The minimum atomic E-state index is -0.285. The highest BCUT2D eigenvalue weighted by Gasteiger charge is 2.05. The summed E-state index contributed by atoms with van der Waals surface area (Å²) in [6, 6.07) is 4.52. The van der Waals surface area contributed by atoms with E-state index in [0.29, 0.717) is 12.3 Å². The van der Waals surface area contributed by atoms with Crippen LogP contribution in [0.5, 0.6) is 5.75 Å². The lowest BCUT2D eigenvalue weighted by Crippen LogP contribution is -2.05. The zero-order valence-corrected chi connectivity index (χ0v) is 9.56. The lowest BCUT2D eigenvalue weighted by Gasteiger charge is -2.08. The van der Waals surface area contributed by atoms with Crippen LogP contribution in [-0.4, -0.2) is 9.78 Å². The first kappa shape index (κ1) is 11.6. The minimum absolute atomic E-state index is 0.285. The van der Waals surface area contributed by atoms with Crippen molar-refractivity contribution in [2.24, 2.45) is 12.8 Å². The molecule has 0 saturated heterocycles. The molecule has 1 aromatic heterocycles. The molecule has 17 heavy (non-hydrogen) atoms. The Labute approximate surface area is 98.8 Å². The lowest BCUT2D eigenvalue weighted by molar-refractivity contribution is 0.304. The van der Waals surface area contributed by atoms with Gasteiger partial charge in [-0.3, -0.25) is 4.68 Å². The van der Waals surface area contributed by atoms with Crippen LogP contribution in [0.4, 0.5) is 4.39 Å². The van der Waals surface area contributed by atoms with Gasteiger partial charge < -0.3 is 10.5 Å². The Morgan fingerprint density at radius 3 is 2.88 bits per heavy atom. The van der Waals surface area contributed by atoms with Gasteiger partial charge in [-0.2, -0.15) is 5.10 Å². The summed E-state index contributed by atoms with van der Waals surface area (Å²) in [5.74, 6) is 0.367. The Hall–Kier alpha value is -1.88. The smallest absolute Gasteiger partial charge is 0.157 e. The highest BCUT2D eigenvalue weighted by molar-refractivity contribution is 5.28. The van der Waals surface area contributed by atoms with Crippen molar-refractivity contribution in [3.8, 4) is 5.75 Å². The number of nitrogens with zero attached hydrogens (tertiary/aromatic N) is 2. The first-order chi connectivity index (χ1) is 8.19. The Morgan fingerprint density at radius 1 is 1.41 bits per heavy atom. The van der Waals surface area contributed by atoms with Gasteiger partial charge in [0.25, 0.3) is 0 Å². The Bertz CT molecular complexity index is 510. The second-order valence-electron chi connectivity index (χ2n) is 3.76. The van der Waals surface area contributed by atoms with Gasteiger partial charge in [0.15, 0.2) is 5.75 Å². The molecule has 0 unspecified atom stereocenters. The van der Waals surface area contributed by atoms with Gasteiger partial charge in [0, 0.05) is 13.6 Å². The van der Waals surface area contributed by atoms with Crippen molar-refractivity contribution in [1.82, 2.24) is 9.78 Å². The largest absolute Gasteiger partial charge is 0.486 e. The Balaban J connectivity index is 2.10. The molecule has 4 nitrogen and oxygen atoms in total. The summed E-state index contributed by atoms with van der Waals surface area (Å²) >= 11 is 0. The molecule has 2 N–H and O–H groups in total. The Kier molecular flexibility index (Phi) is 3.39. The summed E-state index contributed by atoms with van der Waals surface area (Å²) in [7, 11) is 1.81. The molecule has 0 saturated carbocycles. The van der Waals surface area contributed by atoms with Crippen LogP contribution in [0.3, 0.4) is 0 Å². The summed E-state index contributed by atoms with van der Waals surface area (Å²) in [4.78, 5) is 0. The molecule has 0 aliphatic carbocycles. The van der Waals surface area contributed by atoms with E-state index >= 15 is 0 Å². The fraction of sp³-hybridized carbons (Fsp3) is 0.250. The number of aromatic nitrogens is 2. The van der Waals surface area contributed by atoms with Crippen molar-refractivity contribution >= 4 is 0 Å². The first-order valence-electron chi connectivity index (χ1n) is 5.28. The SMILES string of the molecule is Cn1cc(OCc2cc(F)ccc2CN)cn1. The van der Waals surface area contributed by atoms with Gasteiger partial charge >= 0.3 is 0 Å². The van der Waals surface area contributed by atoms with Crippen LogP contribution in [0.25, 0.3) is 0 Å². The third-order valence-corrected chi connectivity index (χ3v) is 2.46. The van der Waals surface area contributed by atoms with Crippen LogP contribution < -0.4 is 10.5 Å². The molecule has 0 fully saturated rings. The maximum Gasteiger partial charge on any atom is 0.157 e. The summed E-state index contributed by atoms with van der Waals surface area (Å²) in [5, 5.41) is 3.98. The molecule has 0 aliphatic heterocycles. The summed E-state index contributed by atoms with van der Waals surface area (Å²) in [5.41, 5.74) is 7.22. The molecule has 2 rings (SSSR count). The molecular weight excluding hydrogens is 221 g/mol. The van der Waals surface area contributed by atoms with Crippen molar-refractivity contribution in [3.05, 3.63) is 47.5 Å². The molecule has 0 aliphatic rings. The molecule has 0 radical (unpaired) electrons. The standard InChI is InChI=1S/C12H14FN3O/c1-16-7-12(6-15-16)17-8-10-4-11(13)3-2-9(10)5-14/h2-4,6-7H,5,8,14H2,1H3. The molecule has 5 heteroatoms. The van der Waals surface area contributed by atoms with Crippen LogP contribution >= 0.6 is 0 Å². The predicted octanol–water partition coefficient (Wildman–Crippen LogP) is 1.60. The summed E-state index contributed by atoms with van der Waals surface area (Å²) in [6.45, 7) is 0.655. The van der Waals surface area contributed by atoms with E-state index in [9.17, 15) is 4.39 Å². The molecule has 0 spiro atoms. The van der Waals surface area contributed by atoms with Crippen molar-refractivity contribution in [2.45, 2.75) is 13.2 Å². The monoisotopic (exact) mass is 235 g/mol. The molecule has 0 bridgehead atoms. The maximum atomic E-state index is 13.1. The highest BCUT2D eigenvalue weighted by Crippen LogP contribution is 2.15. The van der Waals surface area contributed by atoms with E-state index in [-0.39, 0.29) is 12.4 Å². The normalized spacial score (nSPS) is 10.5. The number of aryl methyl sites for hydroxylation is 1. The number of benzene rings is 1. The minimum Gasteiger partial charge on any atom is -0.486 e. The highest BCUT2D eigenvalue weighted by atomic mass is 19.1. The quantitative estimate of drug-likeness (QED) is 0.875. The van der Waals surface area contributed by atoms with E-state index in [4.69, 9.17) is 10.5 Å². The third kappa shape index (κ3) is 2.82. The molecule has 1 aromatic carbocycles. The van der Waals surface area contributed by atoms with Crippen LogP contribution in [0.15, 0.2) is 30.6 Å². The van der Waals surface area contributed by atoms with Crippen LogP contribution in [0.1, 0.15) is 11.1 Å². The summed E-state index contributed by atoms with van der Waals surface area (Å²) in [6.07, 6.45) is 3.36. The molecule has 2 aromatic rings. The van der Waals surface area contributed by atoms with Gasteiger partial charge in [0.05, 0.1) is 12.4 Å². The van der Waals surface area contributed by atoms with Gasteiger partial charge in [-0.15, -0.1) is 0 Å². The fourth-order valence-corrected chi connectivity index (χ4v) is 1.56. The van der Waals surface area contributed by atoms with E-state index < -0.39 is 0 Å². The molecular formula is C12H14FN3O. The number of hydrogen-bond acceptors (Lipinski definition) is 3. The van der Waals surface area contributed by atoms with E-state index in [1.165, 1.54) is 12.1 Å². The fourth-order valence-electron chi connectivity index (χ4n) is 1.56. The van der Waals surface area contributed by atoms with Gasteiger partial charge in [-0.05, 0) is 23.3 Å². The van der Waals surface area contributed by atoms with Crippen molar-refractivity contribution < 1.29 is 9.13 Å². The predicted molar refractivity (Wildman–Crippen MR) is 61.8 cm³/mol. The number of nitrogens with two attached hydrogens (primary N) is 1. The van der Waals surface area contributed by atoms with Crippen LogP contribution in [-0.2, 0) is 20.2 Å². The molecule has 0 atom stereocenters. The zero-order valence-electron chi connectivity index (χ0n) is 9.56. The number of hydrogen-bond donors (Lipinski definition) is 1. The zero-order chi connectivity index (χ0) is 12.3. The number of ether oxygens (including phenoxy) is 1. The number of rotatable bonds is 4. The van der Waals surface area contributed by atoms with E-state index in [2.05, 4.69) is 5.10 Å². The van der Waals surface area contributed by atoms with Crippen LogP contribution in [0, 0.1) is 5.82 Å². The second kappa shape index (κ2) is 4.97. The molecule has 90 valence electrons. The van der Waals surface area contributed by atoms with Gasteiger partial charge in [0.2, 0.25) is 0 Å². The van der Waals surface area contributed by atoms with Crippen LogP contribution in [0.2, 0.25) is 0 Å². The van der Waals surface area contributed by atoms with Crippen molar-refractivity contribution in [3.63, 3.8) is 0 Å². The lowest BCUT2D eigenvalue weighted by atomic mass is 10.1. The average molecular weight is 235 g/mol. The maximum absolute atomic E-state index is 13.1. The van der Waals surface area contributed by atoms with E-state index in [0.717, 1.165) is 11.1 Å². The summed E-state index contributed by atoms with van der Waals surface area (Å²) < 4.78 is 20.2. The van der Waals surface area contributed by atoms with Gasteiger partial charge in [-0.1, -0.05) is 6.07 Å². The van der Waals surface area contributed by atoms with Crippen molar-refractivity contribution in [2.75, 3.05) is 0 Å². The van der Waals surface area contributed by atoms with Gasteiger partial charge in [0.1, 0.15) is 12.4 Å². The molecule has 0 amide bonds. The number of halogens is 1. The first-order valence-corrected chi connectivity index (χ1v) is 5.28. The van der Waals surface area contributed by atoms with E-state index in [1.54, 1.807) is 30.2 Å². The van der Waals surface area contributed by atoms with Crippen molar-refractivity contribution in [1.29, 1.82) is 0 Å². The topological polar surface area (TPSA) is 53.1 Å². The molecule has 1 heterocycles.